The van der Waals surface area contributed by atoms with Gasteiger partial charge in [-0.25, -0.2) is 0 Å². The van der Waals surface area contributed by atoms with Gasteiger partial charge >= 0.3 is 6.18 Å². The van der Waals surface area contributed by atoms with E-state index in [1.54, 1.807) is 18.2 Å². The second-order valence-corrected chi connectivity index (χ2v) is 6.18. The number of benzene rings is 2. The van der Waals surface area contributed by atoms with E-state index < -0.39 is 22.5 Å². The van der Waals surface area contributed by atoms with Crippen molar-refractivity contribution in [2.24, 2.45) is 0 Å². The van der Waals surface area contributed by atoms with E-state index in [4.69, 9.17) is 17.3 Å². The Balaban J connectivity index is 2.29. The van der Waals surface area contributed by atoms with E-state index in [0.29, 0.717) is 16.3 Å². The van der Waals surface area contributed by atoms with Crippen molar-refractivity contribution in [1.29, 1.82) is 0 Å². The highest BCUT2D eigenvalue weighted by molar-refractivity contribution is 7.84. The van der Waals surface area contributed by atoms with E-state index in [0.717, 1.165) is 12.1 Å². The first kappa shape index (κ1) is 15.9. The van der Waals surface area contributed by atoms with Gasteiger partial charge in [-0.3, -0.25) is 4.21 Å². The van der Waals surface area contributed by atoms with Gasteiger partial charge in [-0.15, -0.1) is 0 Å². The highest BCUT2D eigenvalue weighted by atomic mass is 35.5. The second kappa shape index (κ2) is 6.07. The maximum absolute atomic E-state index is 12.6. The zero-order valence-electron chi connectivity index (χ0n) is 10.7. The monoisotopic (exact) mass is 333 g/mol. The standard InChI is InChI=1S/C14H11ClF3NOS/c15-12-5-2-6-13(19)11(12)8-21(20)10-4-1-3-9(7-10)14(16,17)18/h1-7H,8,19H2. The summed E-state index contributed by atoms with van der Waals surface area (Å²) in [4.78, 5) is 0.0872. The average Bonchev–Trinajstić information content (AvgIpc) is 2.42. The molecule has 2 nitrogen and oxygen atoms in total. The second-order valence-electron chi connectivity index (χ2n) is 4.32. The third-order valence-corrected chi connectivity index (χ3v) is 4.54. The van der Waals surface area contributed by atoms with Crippen LogP contribution in [-0.4, -0.2) is 4.21 Å². The minimum atomic E-state index is -4.47. The van der Waals surface area contributed by atoms with Crippen molar-refractivity contribution in [3.05, 3.63) is 58.6 Å². The van der Waals surface area contributed by atoms with Crippen LogP contribution < -0.4 is 5.73 Å². The van der Waals surface area contributed by atoms with E-state index in [1.807, 2.05) is 0 Å². The highest BCUT2D eigenvalue weighted by Crippen LogP contribution is 2.31. The molecule has 21 heavy (non-hydrogen) atoms. The van der Waals surface area contributed by atoms with E-state index in [-0.39, 0.29) is 10.6 Å². The molecule has 2 N–H and O–H groups in total. The summed E-state index contributed by atoms with van der Waals surface area (Å²) >= 11 is 5.97. The number of nitrogens with two attached hydrogens (primary N) is 1. The number of rotatable bonds is 3. The molecule has 0 aliphatic rings. The van der Waals surface area contributed by atoms with E-state index in [2.05, 4.69) is 0 Å². The molecule has 0 spiro atoms. The largest absolute Gasteiger partial charge is 0.416 e. The van der Waals surface area contributed by atoms with Gasteiger partial charge in [0, 0.05) is 21.2 Å². The summed E-state index contributed by atoms with van der Waals surface area (Å²) in [5.74, 6) is -0.0349. The van der Waals surface area contributed by atoms with E-state index >= 15 is 0 Å². The maximum atomic E-state index is 12.6. The van der Waals surface area contributed by atoms with Crippen LogP contribution in [0.25, 0.3) is 0 Å². The van der Waals surface area contributed by atoms with Gasteiger partial charge < -0.3 is 5.73 Å². The molecule has 0 aromatic heterocycles. The third kappa shape index (κ3) is 3.77. The molecule has 0 heterocycles. The Morgan fingerprint density at radius 1 is 1.14 bits per heavy atom. The fourth-order valence-corrected chi connectivity index (χ4v) is 3.32. The molecule has 1 unspecified atom stereocenters. The van der Waals surface area contributed by atoms with Crippen molar-refractivity contribution >= 4 is 28.1 Å². The SMILES string of the molecule is Nc1cccc(Cl)c1CS(=O)c1cccc(C(F)(F)F)c1. The van der Waals surface area contributed by atoms with Crippen molar-refractivity contribution in [1.82, 2.24) is 0 Å². The van der Waals surface area contributed by atoms with Gasteiger partial charge in [0.2, 0.25) is 0 Å². The highest BCUT2D eigenvalue weighted by Gasteiger charge is 2.30. The first-order chi connectivity index (χ1) is 9.79. The first-order valence-electron chi connectivity index (χ1n) is 5.87. The van der Waals surface area contributed by atoms with Crippen LogP contribution in [-0.2, 0) is 22.7 Å². The molecule has 0 fully saturated rings. The lowest BCUT2D eigenvalue weighted by Gasteiger charge is -2.10. The van der Waals surface area contributed by atoms with Gasteiger partial charge in [0.05, 0.1) is 22.1 Å². The predicted molar refractivity (Wildman–Crippen MR) is 77.4 cm³/mol. The summed E-state index contributed by atoms with van der Waals surface area (Å²) in [6.45, 7) is 0. The maximum Gasteiger partial charge on any atom is 0.416 e. The summed E-state index contributed by atoms with van der Waals surface area (Å²) in [6, 6.07) is 9.27. The fraction of sp³-hybridized carbons (Fsp3) is 0.143. The van der Waals surface area contributed by atoms with Crippen molar-refractivity contribution < 1.29 is 17.4 Å². The summed E-state index contributed by atoms with van der Waals surface area (Å²) < 4.78 is 50.2. The van der Waals surface area contributed by atoms with Crippen LogP contribution in [0.4, 0.5) is 18.9 Å². The van der Waals surface area contributed by atoms with Crippen LogP contribution >= 0.6 is 11.6 Å². The molecule has 0 aliphatic carbocycles. The van der Waals surface area contributed by atoms with Crippen molar-refractivity contribution in [3.8, 4) is 0 Å². The Hall–Kier alpha value is -1.53. The lowest BCUT2D eigenvalue weighted by atomic mass is 10.2. The fourth-order valence-electron chi connectivity index (χ4n) is 1.76. The van der Waals surface area contributed by atoms with Gasteiger partial charge in [-0.05, 0) is 30.3 Å². The quantitative estimate of drug-likeness (QED) is 0.853. The topological polar surface area (TPSA) is 43.1 Å². The minimum Gasteiger partial charge on any atom is -0.398 e. The Labute approximate surface area is 127 Å². The zero-order chi connectivity index (χ0) is 15.6. The molecule has 112 valence electrons. The third-order valence-electron chi connectivity index (χ3n) is 2.85. The molecule has 0 saturated heterocycles. The number of hydrogen-bond acceptors (Lipinski definition) is 2. The van der Waals surface area contributed by atoms with Crippen LogP contribution in [0.1, 0.15) is 11.1 Å². The summed E-state index contributed by atoms with van der Waals surface area (Å²) in [5.41, 5.74) is 5.75. The minimum absolute atomic E-state index is 0.0349. The summed E-state index contributed by atoms with van der Waals surface area (Å²) in [5, 5.41) is 0.343. The van der Waals surface area contributed by atoms with Crippen LogP contribution in [0.15, 0.2) is 47.4 Å². The lowest BCUT2D eigenvalue weighted by molar-refractivity contribution is -0.137. The predicted octanol–water partition coefficient (Wildman–Crippen LogP) is 4.25. The van der Waals surface area contributed by atoms with Crippen LogP contribution in [0.2, 0.25) is 5.02 Å². The summed E-state index contributed by atoms with van der Waals surface area (Å²) in [6.07, 6.45) is -4.47. The van der Waals surface area contributed by atoms with Crippen molar-refractivity contribution in [3.63, 3.8) is 0 Å². The first-order valence-corrected chi connectivity index (χ1v) is 7.57. The number of halogens is 4. The number of alkyl halides is 3. The molecule has 2 aromatic rings. The molecule has 0 saturated carbocycles. The summed E-state index contributed by atoms with van der Waals surface area (Å²) in [7, 11) is -1.66. The van der Waals surface area contributed by atoms with E-state index in [9.17, 15) is 17.4 Å². The molecular weight excluding hydrogens is 323 g/mol. The molecule has 1 atom stereocenters. The Bertz CT molecular complexity index is 668. The average molecular weight is 334 g/mol. The smallest absolute Gasteiger partial charge is 0.398 e. The molecule has 0 aliphatic heterocycles. The molecule has 2 rings (SSSR count). The number of hydrogen-bond donors (Lipinski definition) is 1. The van der Waals surface area contributed by atoms with Crippen LogP contribution in [0.5, 0.6) is 0 Å². The molecule has 0 amide bonds. The Morgan fingerprint density at radius 2 is 1.81 bits per heavy atom. The van der Waals surface area contributed by atoms with Gasteiger partial charge in [0.15, 0.2) is 0 Å². The molecular formula is C14H11ClF3NOS. The molecule has 7 heteroatoms. The molecule has 0 bridgehead atoms. The Kier molecular flexibility index (Phi) is 4.58. The normalized spacial score (nSPS) is 13.1. The van der Waals surface area contributed by atoms with Crippen LogP contribution in [0.3, 0.4) is 0 Å². The number of nitrogen functional groups attached to an aromatic ring is 1. The van der Waals surface area contributed by atoms with Gasteiger partial charge in [-0.2, -0.15) is 13.2 Å². The van der Waals surface area contributed by atoms with Gasteiger partial charge in [0.25, 0.3) is 0 Å². The van der Waals surface area contributed by atoms with Crippen LogP contribution in [0, 0.1) is 0 Å². The number of anilines is 1. The Morgan fingerprint density at radius 3 is 2.43 bits per heavy atom. The molecule has 0 radical (unpaired) electrons. The van der Waals surface area contributed by atoms with Crippen molar-refractivity contribution in [2.45, 2.75) is 16.8 Å². The van der Waals surface area contributed by atoms with Gasteiger partial charge in [-0.1, -0.05) is 23.7 Å². The van der Waals surface area contributed by atoms with Gasteiger partial charge in [0.1, 0.15) is 0 Å². The van der Waals surface area contributed by atoms with Crippen molar-refractivity contribution in [2.75, 3.05) is 5.73 Å². The lowest BCUT2D eigenvalue weighted by Crippen LogP contribution is -2.07. The zero-order valence-corrected chi connectivity index (χ0v) is 12.2. The molecule has 2 aromatic carbocycles. The van der Waals surface area contributed by atoms with E-state index in [1.165, 1.54) is 12.1 Å².